The maximum Gasteiger partial charge on any atom is 0.259 e. The van der Waals surface area contributed by atoms with Gasteiger partial charge in [0.2, 0.25) is 5.91 Å². The molecule has 1 aliphatic heterocycles. The van der Waals surface area contributed by atoms with E-state index in [1.54, 1.807) is 17.0 Å². The van der Waals surface area contributed by atoms with Crippen molar-refractivity contribution in [3.05, 3.63) is 95.1 Å². The Morgan fingerprint density at radius 2 is 1.54 bits per heavy atom. The van der Waals surface area contributed by atoms with Gasteiger partial charge in [0, 0.05) is 23.4 Å². The molecule has 4 rings (SSSR count). The predicted molar refractivity (Wildman–Crippen MR) is 112 cm³/mol. The molecule has 4 heteroatoms. The average molecular weight is 370 g/mol. The summed E-state index contributed by atoms with van der Waals surface area (Å²) in [5, 5.41) is 3.00. The zero-order valence-corrected chi connectivity index (χ0v) is 16.0. The number of benzene rings is 3. The molecule has 0 spiro atoms. The summed E-state index contributed by atoms with van der Waals surface area (Å²) in [7, 11) is 0. The first kappa shape index (κ1) is 18.0. The fourth-order valence-corrected chi connectivity index (χ4v) is 3.84. The number of carbonyl (C=O) groups excluding carboxylic acids is 2. The van der Waals surface area contributed by atoms with Crippen LogP contribution in [-0.2, 0) is 11.2 Å². The Morgan fingerprint density at radius 1 is 0.893 bits per heavy atom. The number of nitrogens with one attached hydrogen (secondary N) is 1. The number of fused-ring (bicyclic) bond motifs is 1. The minimum Gasteiger partial charge on any atom is -0.324 e. The molecule has 3 aromatic rings. The highest BCUT2D eigenvalue weighted by atomic mass is 16.2. The van der Waals surface area contributed by atoms with Crippen molar-refractivity contribution >= 4 is 23.2 Å². The van der Waals surface area contributed by atoms with Crippen LogP contribution in [0, 0.1) is 13.8 Å². The Kier molecular flexibility index (Phi) is 4.70. The highest BCUT2D eigenvalue weighted by Gasteiger charge is 2.38. The largest absolute Gasteiger partial charge is 0.324 e. The van der Waals surface area contributed by atoms with E-state index < -0.39 is 6.04 Å². The molecule has 28 heavy (non-hydrogen) atoms. The van der Waals surface area contributed by atoms with Crippen LogP contribution in [0.2, 0.25) is 0 Å². The Hall–Kier alpha value is -3.40. The van der Waals surface area contributed by atoms with Crippen LogP contribution < -0.4 is 10.2 Å². The third kappa shape index (κ3) is 3.41. The first-order chi connectivity index (χ1) is 13.5. The van der Waals surface area contributed by atoms with Crippen molar-refractivity contribution in [1.29, 1.82) is 0 Å². The topological polar surface area (TPSA) is 49.4 Å². The van der Waals surface area contributed by atoms with Crippen LogP contribution in [0.5, 0.6) is 0 Å². The monoisotopic (exact) mass is 370 g/mol. The summed E-state index contributed by atoms with van der Waals surface area (Å²) in [5.41, 5.74) is 5.31. The van der Waals surface area contributed by atoms with E-state index in [4.69, 9.17) is 0 Å². The molecule has 0 radical (unpaired) electrons. The van der Waals surface area contributed by atoms with Gasteiger partial charge in [-0.05, 0) is 60.9 Å². The molecule has 1 heterocycles. The lowest BCUT2D eigenvalue weighted by atomic mass is 10.1. The second kappa shape index (κ2) is 7.31. The molecule has 140 valence electrons. The van der Waals surface area contributed by atoms with E-state index in [-0.39, 0.29) is 11.8 Å². The third-order valence-electron chi connectivity index (χ3n) is 5.01. The maximum absolute atomic E-state index is 13.2. The summed E-state index contributed by atoms with van der Waals surface area (Å²) in [5.74, 6) is -0.336. The molecule has 0 aromatic heterocycles. The number of aryl methyl sites for hydroxylation is 2. The van der Waals surface area contributed by atoms with Gasteiger partial charge in [-0.3, -0.25) is 14.5 Å². The second-order valence-electron chi connectivity index (χ2n) is 7.26. The Labute approximate surface area is 164 Å². The summed E-state index contributed by atoms with van der Waals surface area (Å²) in [6.07, 6.45) is 0.505. The molecule has 0 bridgehead atoms. The molecule has 0 saturated heterocycles. The van der Waals surface area contributed by atoms with Crippen LogP contribution in [0.4, 0.5) is 11.4 Å². The van der Waals surface area contributed by atoms with Crippen molar-refractivity contribution in [2.75, 3.05) is 10.2 Å². The van der Waals surface area contributed by atoms with E-state index in [0.29, 0.717) is 12.0 Å². The van der Waals surface area contributed by atoms with Crippen LogP contribution in [0.3, 0.4) is 0 Å². The van der Waals surface area contributed by atoms with Gasteiger partial charge in [0.25, 0.3) is 5.91 Å². The van der Waals surface area contributed by atoms with E-state index in [2.05, 4.69) is 11.4 Å². The molecule has 1 atom stereocenters. The van der Waals surface area contributed by atoms with Gasteiger partial charge in [-0.1, -0.05) is 42.5 Å². The zero-order valence-electron chi connectivity index (χ0n) is 16.0. The number of anilines is 2. The fourth-order valence-electron chi connectivity index (χ4n) is 3.84. The van der Waals surface area contributed by atoms with Gasteiger partial charge in [0.05, 0.1) is 0 Å². The summed E-state index contributed by atoms with van der Waals surface area (Å²) in [6.45, 7) is 4.00. The van der Waals surface area contributed by atoms with Crippen LogP contribution in [0.15, 0.2) is 72.8 Å². The number of carbonyl (C=O) groups is 2. The number of rotatable bonds is 3. The smallest absolute Gasteiger partial charge is 0.259 e. The summed E-state index contributed by atoms with van der Waals surface area (Å²) in [4.78, 5) is 28.0. The predicted octanol–water partition coefficient (Wildman–Crippen LogP) is 4.51. The number of para-hydroxylation sites is 1. The van der Waals surface area contributed by atoms with Crippen molar-refractivity contribution < 1.29 is 9.59 Å². The molecule has 1 aliphatic rings. The number of amides is 2. The molecule has 0 saturated carbocycles. The van der Waals surface area contributed by atoms with Crippen LogP contribution in [0.1, 0.15) is 27.0 Å². The molecule has 2 amide bonds. The van der Waals surface area contributed by atoms with E-state index in [1.807, 2.05) is 68.4 Å². The number of nitrogens with zero attached hydrogens (tertiary/aromatic N) is 1. The third-order valence-corrected chi connectivity index (χ3v) is 5.01. The van der Waals surface area contributed by atoms with E-state index >= 15 is 0 Å². The van der Waals surface area contributed by atoms with Crippen molar-refractivity contribution in [2.24, 2.45) is 0 Å². The second-order valence-corrected chi connectivity index (χ2v) is 7.26. The Morgan fingerprint density at radius 3 is 2.25 bits per heavy atom. The van der Waals surface area contributed by atoms with Crippen LogP contribution in [-0.4, -0.2) is 17.9 Å². The van der Waals surface area contributed by atoms with E-state index in [9.17, 15) is 9.59 Å². The Bertz CT molecular complexity index is 1020. The van der Waals surface area contributed by atoms with Crippen molar-refractivity contribution in [1.82, 2.24) is 0 Å². The minimum atomic E-state index is -0.578. The SMILES string of the molecule is Cc1cc(C)cc(NC(=O)C2Cc3ccccc3N2C(=O)c2ccccc2)c1. The lowest BCUT2D eigenvalue weighted by molar-refractivity contribution is -0.117. The van der Waals surface area contributed by atoms with Gasteiger partial charge < -0.3 is 5.32 Å². The normalized spacial score (nSPS) is 15.2. The molecule has 0 fully saturated rings. The average Bonchev–Trinajstić information content (AvgIpc) is 3.07. The van der Waals surface area contributed by atoms with Crippen LogP contribution in [0.25, 0.3) is 0 Å². The minimum absolute atomic E-state index is 0.161. The summed E-state index contributed by atoms with van der Waals surface area (Å²) in [6, 6.07) is 22.2. The van der Waals surface area contributed by atoms with Crippen LogP contribution >= 0.6 is 0 Å². The van der Waals surface area contributed by atoms with E-state index in [0.717, 1.165) is 28.1 Å². The van der Waals surface area contributed by atoms with Crippen molar-refractivity contribution in [3.63, 3.8) is 0 Å². The Balaban J connectivity index is 1.67. The quantitative estimate of drug-likeness (QED) is 0.737. The van der Waals surface area contributed by atoms with Crippen molar-refractivity contribution in [3.8, 4) is 0 Å². The first-order valence-corrected chi connectivity index (χ1v) is 9.38. The van der Waals surface area contributed by atoms with Gasteiger partial charge in [-0.2, -0.15) is 0 Å². The van der Waals surface area contributed by atoms with Gasteiger partial charge in [-0.15, -0.1) is 0 Å². The van der Waals surface area contributed by atoms with Gasteiger partial charge in [0.15, 0.2) is 0 Å². The number of hydrogen-bond acceptors (Lipinski definition) is 2. The molecule has 1 unspecified atom stereocenters. The molecular formula is C24H22N2O2. The highest BCUT2D eigenvalue weighted by molar-refractivity contribution is 6.13. The molecule has 1 N–H and O–H groups in total. The maximum atomic E-state index is 13.2. The molecular weight excluding hydrogens is 348 g/mol. The van der Waals surface area contributed by atoms with Gasteiger partial charge in [-0.25, -0.2) is 0 Å². The zero-order chi connectivity index (χ0) is 19.7. The lowest BCUT2D eigenvalue weighted by Gasteiger charge is -2.25. The molecule has 4 nitrogen and oxygen atoms in total. The van der Waals surface area contributed by atoms with Gasteiger partial charge >= 0.3 is 0 Å². The number of hydrogen-bond donors (Lipinski definition) is 1. The molecule has 3 aromatic carbocycles. The lowest BCUT2D eigenvalue weighted by Crippen LogP contribution is -2.45. The van der Waals surface area contributed by atoms with Gasteiger partial charge in [0.1, 0.15) is 6.04 Å². The van der Waals surface area contributed by atoms with E-state index in [1.165, 1.54) is 0 Å². The van der Waals surface area contributed by atoms with Crippen molar-refractivity contribution in [2.45, 2.75) is 26.3 Å². The highest BCUT2D eigenvalue weighted by Crippen LogP contribution is 2.34. The summed E-state index contributed by atoms with van der Waals surface area (Å²) >= 11 is 0. The summed E-state index contributed by atoms with van der Waals surface area (Å²) < 4.78 is 0. The molecule has 0 aliphatic carbocycles. The standard InChI is InChI=1S/C24H22N2O2/c1-16-12-17(2)14-20(13-16)25-23(27)22-15-19-10-6-7-11-21(19)26(22)24(28)18-8-4-3-5-9-18/h3-14,22H,15H2,1-2H3,(H,25,27). The fraction of sp³-hybridized carbons (Fsp3) is 0.167. The first-order valence-electron chi connectivity index (χ1n) is 9.38.